The van der Waals surface area contributed by atoms with Gasteiger partial charge in [-0.1, -0.05) is 0 Å². The number of H-pyrrole nitrogens is 2. The second-order valence-electron chi connectivity index (χ2n) is 8.41. The number of nitrogens with zero attached hydrogens (tertiary/aromatic N) is 2. The monoisotopic (exact) mass is 448 g/mol. The van der Waals surface area contributed by atoms with Crippen LogP contribution in [-0.4, -0.2) is 5.11 Å². The highest BCUT2D eigenvalue weighted by molar-refractivity contribution is 5.61. The molecular formula is C29H28N4O+4. The summed E-state index contributed by atoms with van der Waals surface area (Å²) in [6.45, 7) is 1.53. The molecule has 0 fully saturated rings. The summed E-state index contributed by atoms with van der Waals surface area (Å²) in [5.41, 5.74) is 8.01. The molecule has 5 aromatic rings. The lowest BCUT2D eigenvalue weighted by Crippen LogP contribution is -2.34. The van der Waals surface area contributed by atoms with Gasteiger partial charge in [-0.15, -0.1) is 0 Å². The molecule has 0 radical (unpaired) electrons. The van der Waals surface area contributed by atoms with Gasteiger partial charge in [-0.3, -0.25) is 0 Å². The molecule has 5 heteroatoms. The number of aromatic amines is 2. The maximum absolute atomic E-state index is 9.82. The van der Waals surface area contributed by atoms with Crippen molar-refractivity contribution in [2.24, 2.45) is 0 Å². The van der Waals surface area contributed by atoms with Crippen LogP contribution in [0, 0.1) is 0 Å². The van der Waals surface area contributed by atoms with Crippen LogP contribution in [0.25, 0.3) is 22.3 Å². The molecule has 3 N–H and O–H groups in total. The lowest BCUT2D eigenvalue weighted by molar-refractivity contribution is -0.689. The normalized spacial score (nSPS) is 10.9. The van der Waals surface area contributed by atoms with Gasteiger partial charge >= 0.3 is 0 Å². The Morgan fingerprint density at radius 3 is 1.24 bits per heavy atom. The molecule has 5 nitrogen and oxygen atoms in total. The first-order chi connectivity index (χ1) is 16.8. The maximum Gasteiger partial charge on any atom is 0.173 e. The summed E-state index contributed by atoms with van der Waals surface area (Å²) >= 11 is 0. The van der Waals surface area contributed by atoms with Gasteiger partial charge < -0.3 is 5.11 Å². The van der Waals surface area contributed by atoms with Gasteiger partial charge in [0, 0.05) is 59.7 Å². The predicted octanol–water partition coefficient (Wildman–Crippen LogP) is 2.81. The van der Waals surface area contributed by atoms with Crippen molar-refractivity contribution in [1.29, 1.82) is 0 Å². The molecule has 0 saturated heterocycles. The second kappa shape index (κ2) is 10.1. The largest absolute Gasteiger partial charge is 0.392 e. The first-order valence-electron chi connectivity index (χ1n) is 11.4. The first-order valence-corrected chi connectivity index (χ1v) is 11.4. The van der Waals surface area contributed by atoms with Gasteiger partial charge in [0.25, 0.3) is 0 Å². The number of aliphatic hydroxyl groups is 1. The average Bonchev–Trinajstić information content (AvgIpc) is 2.90. The molecular weight excluding hydrogens is 420 g/mol. The van der Waals surface area contributed by atoms with Gasteiger partial charge in [0.1, 0.15) is 0 Å². The molecule has 0 aliphatic carbocycles. The molecule has 1 aromatic carbocycles. The minimum atomic E-state index is 0.0318. The van der Waals surface area contributed by atoms with E-state index in [9.17, 15) is 5.11 Å². The number of hydrogen-bond acceptors (Lipinski definition) is 1. The molecule has 0 bridgehead atoms. The van der Waals surface area contributed by atoms with Gasteiger partial charge in [-0.05, 0) is 46.0 Å². The summed E-state index contributed by atoms with van der Waals surface area (Å²) in [4.78, 5) is 6.12. The van der Waals surface area contributed by atoms with Crippen LogP contribution >= 0.6 is 0 Å². The Hall–Kier alpha value is -4.22. The number of nitrogens with one attached hydrogen (secondary N) is 2. The standard InChI is InChI=1S/C29H26N4O/c34-22-25-18-23(20-32-13-5-28(6-14-32)26-1-9-30-10-2-26)17-24(19-25)21-33-15-7-29(8-16-33)27-3-11-31-12-4-27/h1-19,34H,20-22H2/q+2/p+2. The summed E-state index contributed by atoms with van der Waals surface area (Å²) in [5.74, 6) is 0. The Bertz CT molecular complexity index is 1250. The van der Waals surface area contributed by atoms with Crippen LogP contribution in [-0.2, 0) is 19.7 Å². The maximum atomic E-state index is 9.82. The topological polar surface area (TPSA) is 56.3 Å². The van der Waals surface area contributed by atoms with Crippen molar-refractivity contribution in [1.82, 2.24) is 0 Å². The third-order valence-electron chi connectivity index (χ3n) is 5.91. The number of aliphatic hydroxyl groups excluding tert-OH is 1. The Labute approximate surface area is 199 Å². The molecule has 0 aliphatic heterocycles. The number of hydrogen-bond donors (Lipinski definition) is 1. The van der Waals surface area contributed by atoms with Crippen LogP contribution in [0.5, 0.6) is 0 Å². The Morgan fingerprint density at radius 2 is 0.853 bits per heavy atom. The van der Waals surface area contributed by atoms with Gasteiger partial charge in [0.2, 0.25) is 0 Å². The fourth-order valence-corrected chi connectivity index (χ4v) is 4.20. The van der Waals surface area contributed by atoms with Gasteiger partial charge in [-0.2, -0.15) is 0 Å². The van der Waals surface area contributed by atoms with Gasteiger partial charge in [-0.25, -0.2) is 19.1 Å². The molecule has 0 aliphatic rings. The van der Waals surface area contributed by atoms with Crippen LogP contribution in [0.4, 0.5) is 0 Å². The Morgan fingerprint density at radius 1 is 0.500 bits per heavy atom. The summed E-state index contributed by atoms with van der Waals surface area (Å²) < 4.78 is 4.33. The van der Waals surface area contributed by atoms with E-state index in [0.717, 1.165) is 18.7 Å². The quantitative estimate of drug-likeness (QED) is 0.383. The van der Waals surface area contributed by atoms with E-state index in [-0.39, 0.29) is 6.61 Å². The molecule has 166 valence electrons. The highest BCUT2D eigenvalue weighted by Gasteiger charge is 2.11. The van der Waals surface area contributed by atoms with Crippen molar-refractivity contribution in [2.75, 3.05) is 0 Å². The van der Waals surface area contributed by atoms with Crippen molar-refractivity contribution in [2.45, 2.75) is 19.7 Å². The smallest absolute Gasteiger partial charge is 0.173 e. The van der Waals surface area contributed by atoms with Crippen LogP contribution in [0.3, 0.4) is 0 Å². The van der Waals surface area contributed by atoms with Crippen LogP contribution in [0.2, 0.25) is 0 Å². The number of rotatable bonds is 7. The van der Waals surface area contributed by atoms with E-state index < -0.39 is 0 Å². The summed E-state index contributed by atoms with van der Waals surface area (Å²) in [6, 6.07) is 23.2. The lowest BCUT2D eigenvalue weighted by atomic mass is 10.0. The zero-order chi connectivity index (χ0) is 23.2. The number of pyridine rings is 4. The van der Waals surface area contributed by atoms with Crippen molar-refractivity contribution in [3.8, 4) is 22.3 Å². The molecule has 0 spiro atoms. The van der Waals surface area contributed by atoms with E-state index in [1.807, 2.05) is 24.8 Å². The van der Waals surface area contributed by atoms with E-state index in [1.54, 1.807) is 0 Å². The molecule has 0 amide bonds. The number of benzene rings is 1. The van der Waals surface area contributed by atoms with Crippen molar-refractivity contribution in [3.63, 3.8) is 0 Å². The van der Waals surface area contributed by atoms with E-state index in [0.29, 0.717) is 0 Å². The van der Waals surface area contributed by atoms with Crippen LogP contribution in [0.1, 0.15) is 16.7 Å². The average molecular weight is 449 g/mol. The molecule has 4 heterocycles. The third-order valence-corrected chi connectivity index (χ3v) is 5.91. The molecule has 34 heavy (non-hydrogen) atoms. The summed E-state index contributed by atoms with van der Waals surface area (Å²) in [5, 5.41) is 9.82. The minimum absolute atomic E-state index is 0.0318. The second-order valence-corrected chi connectivity index (χ2v) is 8.41. The zero-order valence-electron chi connectivity index (χ0n) is 18.9. The number of aromatic nitrogens is 4. The minimum Gasteiger partial charge on any atom is -0.392 e. The summed E-state index contributed by atoms with van der Waals surface area (Å²) in [6.07, 6.45) is 16.2. The van der Waals surface area contributed by atoms with Crippen LogP contribution < -0.4 is 19.1 Å². The van der Waals surface area contributed by atoms with E-state index in [4.69, 9.17) is 0 Å². The molecule has 4 aromatic heterocycles. The predicted molar refractivity (Wildman–Crippen MR) is 128 cm³/mol. The van der Waals surface area contributed by atoms with Gasteiger partial charge in [0.15, 0.2) is 62.7 Å². The SMILES string of the molecule is OCc1cc(C[n+]2ccc(-c3cc[nH+]cc3)cc2)cc(C[n+]2ccc(-c3cc[nH+]cc3)cc2)c1. The highest BCUT2D eigenvalue weighted by atomic mass is 16.3. The Kier molecular flexibility index (Phi) is 6.45. The molecule has 5 rings (SSSR count). The fraction of sp³-hybridized carbons (Fsp3) is 0.103. The lowest BCUT2D eigenvalue weighted by Gasteiger charge is -2.06. The zero-order valence-corrected chi connectivity index (χ0v) is 18.9. The molecule has 0 unspecified atom stereocenters. The fourth-order valence-electron chi connectivity index (χ4n) is 4.20. The Balaban J connectivity index is 1.32. The van der Waals surface area contributed by atoms with Crippen molar-refractivity contribution in [3.05, 3.63) is 133 Å². The highest BCUT2D eigenvalue weighted by Crippen LogP contribution is 2.17. The van der Waals surface area contributed by atoms with Crippen molar-refractivity contribution < 1.29 is 24.2 Å². The molecule has 0 saturated carbocycles. The third kappa shape index (κ3) is 5.22. The van der Waals surface area contributed by atoms with Gasteiger partial charge in [0.05, 0.1) is 6.61 Å². The van der Waals surface area contributed by atoms with Crippen molar-refractivity contribution >= 4 is 0 Å². The first kappa shape index (κ1) is 21.6. The van der Waals surface area contributed by atoms with E-state index >= 15 is 0 Å². The molecule has 0 atom stereocenters. The summed E-state index contributed by atoms with van der Waals surface area (Å²) in [7, 11) is 0. The van der Waals surface area contributed by atoms with Crippen LogP contribution in [0.15, 0.2) is 116 Å². The van der Waals surface area contributed by atoms with E-state index in [1.165, 1.54) is 33.4 Å². The van der Waals surface area contributed by atoms with E-state index in [2.05, 4.69) is 111 Å².